The van der Waals surface area contributed by atoms with E-state index < -0.39 is 0 Å². The molecule has 2 aromatic rings. The summed E-state index contributed by atoms with van der Waals surface area (Å²) in [6.07, 6.45) is 1.43. The van der Waals surface area contributed by atoms with Crippen molar-refractivity contribution in [3.05, 3.63) is 35.9 Å². The summed E-state index contributed by atoms with van der Waals surface area (Å²) in [6.45, 7) is 2.49. The van der Waals surface area contributed by atoms with Crippen molar-refractivity contribution in [2.45, 2.75) is 13.0 Å². The van der Waals surface area contributed by atoms with Crippen LogP contribution in [0.3, 0.4) is 0 Å². The molecule has 0 saturated heterocycles. The Balaban J connectivity index is 2.31. The summed E-state index contributed by atoms with van der Waals surface area (Å²) in [5.74, 6) is 1.97. The van der Waals surface area contributed by atoms with Crippen molar-refractivity contribution in [2.75, 3.05) is 13.7 Å². The van der Waals surface area contributed by atoms with Crippen LogP contribution >= 0.6 is 0 Å². The first-order valence-corrected chi connectivity index (χ1v) is 5.67. The van der Waals surface area contributed by atoms with Gasteiger partial charge in [-0.2, -0.15) is 5.10 Å². The highest BCUT2D eigenvalue weighted by Crippen LogP contribution is 2.30. The van der Waals surface area contributed by atoms with Gasteiger partial charge in [-0.3, -0.25) is 5.10 Å². The van der Waals surface area contributed by atoms with Gasteiger partial charge < -0.3 is 15.2 Å². The number of hydrogen-bond acceptors (Lipinski definition) is 5. The molecule has 2 rings (SSSR count). The van der Waals surface area contributed by atoms with E-state index in [0.717, 1.165) is 5.56 Å². The third kappa shape index (κ3) is 2.43. The molecule has 6 nitrogen and oxygen atoms in total. The SMILES string of the molecule is CCOc1cc([C@@H](N)c2ncn[nH]2)ccc1OC. The Kier molecular flexibility index (Phi) is 3.78. The van der Waals surface area contributed by atoms with Crippen LogP contribution in [0.15, 0.2) is 24.5 Å². The van der Waals surface area contributed by atoms with Crippen LogP contribution < -0.4 is 15.2 Å². The third-order valence-electron chi connectivity index (χ3n) is 2.57. The average molecular weight is 248 g/mol. The number of nitrogens with two attached hydrogens (primary N) is 1. The zero-order valence-corrected chi connectivity index (χ0v) is 10.4. The topological polar surface area (TPSA) is 86.0 Å². The van der Waals surface area contributed by atoms with Gasteiger partial charge in [0.05, 0.1) is 19.8 Å². The molecular formula is C12H16N4O2. The van der Waals surface area contributed by atoms with Gasteiger partial charge in [0.2, 0.25) is 0 Å². The quantitative estimate of drug-likeness (QED) is 0.832. The molecule has 0 unspecified atom stereocenters. The Morgan fingerprint density at radius 1 is 1.39 bits per heavy atom. The van der Waals surface area contributed by atoms with E-state index >= 15 is 0 Å². The van der Waals surface area contributed by atoms with Crippen LogP contribution in [0.4, 0.5) is 0 Å². The fraction of sp³-hybridized carbons (Fsp3) is 0.333. The predicted octanol–water partition coefficient (Wildman–Crippen LogP) is 1.26. The van der Waals surface area contributed by atoms with Gasteiger partial charge in [0.1, 0.15) is 12.2 Å². The maximum absolute atomic E-state index is 6.09. The summed E-state index contributed by atoms with van der Waals surface area (Å²) >= 11 is 0. The van der Waals surface area contributed by atoms with Crippen LogP contribution in [0.5, 0.6) is 11.5 Å². The minimum atomic E-state index is -0.363. The molecule has 18 heavy (non-hydrogen) atoms. The first-order valence-electron chi connectivity index (χ1n) is 5.67. The highest BCUT2D eigenvalue weighted by molar-refractivity contribution is 5.44. The Morgan fingerprint density at radius 3 is 2.83 bits per heavy atom. The van der Waals surface area contributed by atoms with Gasteiger partial charge in [-0.05, 0) is 24.6 Å². The van der Waals surface area contributed by atoms with Gasteiger partial charge >= 0.3 is 0 Å². The summed E-state index contributed by atoms with van der Waals surface area (Å²) in [5, 5.41) is 6.55. The van der Waals surface area contributed by atoms with E-state index in [-0.39, 0.29) is 6.04 Å². The molecule has 0 aliphatic rings. The van der Waals surface area contributed by atoms with E-state index in [1.807, 2.05) is 25.1 Å². The molecule has 6 heteroatoms. The maximum atomic E-state index is 6.09. The van der Waals surface area contributed by atoms with Crippen LogP contribution in [0, 0.1) is 0 Å². The number of benzene rings is 1. The van der Waals surface area contributed by atoms with Gasteiger partial charge in [-0.1, -0.05) is 6.07 Å². The highest BCUT2D eigenvalue weighted by Gasteiger charge is 2.14. The number of nitrogens with zero attached hydrogens (tertiary/aromatic N) is 2. The van der Waals surface area contributed by atoms with E-state index in [4.69, 9.17) is 15.2 Å². The van der Waals surface area contributed by atoms with Gasteiger partial charge in [-0.25, -0.2) is 4.98 Å². The van der Waals surface area contributed by atoms with E-state index in [0.29, 0.717) is 23.9 Å². The Hall–Kier alpha value is -2.08. The van der Waals surface area contributed by atoms with Crippen molar-refractivity contribution in [1.29, 1.82) is 0 Å². The van der Waals surface area contributed by atoms with Crippen molar-refractivity contribution in [2.24, 2.45) is 5.73 Å². The number of aromatic nitrogens is 3. The molecular weight excluding hydrogens is 232 g/mol. The number of ether oxygens (including phenoxy) is 2. The lowest BCUT2D eigenvalue weighted by molar-refractivity contribution is 0.310. The van der Waals surface area contributed by atoms with Crippen molar-refractivity contribution in [3.8, 4) is 11.5 Å². The molecule has 1 aromatic heterocycles. The third-order valence-corrected chi connectivity index (χ3v) is 2.57. The second-order valence-electron chi connectivity index (χ2n) is 3.69. The van der Waals surface area contributed by atoms with Gasteiger partial charge in [0.25, 0.3) is 0 Å². The smallest absolute Gasteiger partial charge is 0.161 e. The fourth-order valence-corrected chi connectivity index (χ4v) is 1.68. The van der Waals surface area contributed by atoms with Crippen LogP contribution in [0.25, 0.3) is 0 Å². The average Bonchev–Trinajstić information content (AvgIpc) is 2.92. The molecule has 0 aliphatic heterocycles. The molecule has 1 atom stereocenters. The molecule has 1 heterocycles. The number of aromatic amines is 1. The molecule has 0 saturated carbocycles. The summed E-state index contributed by atoms with van der Waals surface area (Å²) in [5.41, 5.74) is 6.97. The zero-order valence-electron chi connectivity index (χ0n) is 10.4. The summed E-state index contributed by atoms with van der Waals surface area (Å²) < 4.78 is 10.7. The minimum absolute atomic E-state index is 0.363. The Bertz CT molecular complexity index is 499. The lowest BCUT2D eigenvalue weighted by Crippen LogP contribution is -2.14. The normalized spacial score (nSPS) is 12.2. The van der Waals surface area contributed by atoms with Gasteiger partial charge in [-0.15, -0.1) is 0 Å². The second kappa shape index (κ2) is 5.50. The fourth-order valence-electron chi connectivity index (χ4n) is 1.68. The standard InChI is InChI=1S/C12H16N4O2/c1-3-18-10-6-8(4-5-9(10)17-2)11(13)12-14-7-15-16-12/h4-7,11H,3,13H2,1-2H3,(H,14,15,16)/t11-/m1/s1. The summed E-state index contributed by atoms with van der Waals surface area (Å²) in [7, 11) is 1.61. The molecule has 96 valence electrons. The Labute approximate surface area is 105 Å². The minimum Gasteiger partial charge on any atom is -0.493 e. The van der Waals surface area contributed by atoms with E-state index in [2.05, 4.69) is 15.2 Å². The predicted molar refractivity (Wildman–Crippen MR) is 66.6 cm³/mol. The number of rotatable bonds is 5. The van der Waals surface area contributed by atoms with Crippen LogP contribution in [-0.2, 0) is 0 Å². The van der Waals surface area contributed by atoms with Crippen molar-refractivity contribution < 1.29 is 9.47 Å². The Morgan fingerprint density at radius 2 is 2.22 bits per heavy atom. The first-order chi connectivity index (χ1) is 8.76. The van der Waals surface area contributed by atoms with E-state index in [1.54, 1.807) is 7.11 Å². The van der Waals surface area contributed by atoms with E-state index in [9.17, 15) is 0 Å². The molecule has 0 bridgehead atoms. The first kappa shape index (κ1) is 12.4. The largest absolute Gasteiger partial charge is 0.493 e. The number of methoxy groups -OCH3 is 1. The molecule has 0 aliphatic carbocycles. The van der Waals surface area contributed by atoms with Crippen LogP contribution in [-0.4, -0.2) is 28.9 Å². The van der Waals surface area contributed by atoms with Crippen LogP contribution in [0.1, 0.15) is 24.4 Å². The van der Waals surface area contributed by atoms with Crippen molar-refractivity contribution in [3.63, 3.8) is 0 Å². The molecule has 0 amide bonds. The van der Waals surface area contributed by atoms with Gasteiger partial charge in [0.15, 0.2) is 11.5 Å². The second-order valence-corrected chi connectivity index (χ2v) is 3.69. The van der Waals surface area contributed by atoms with Crippen molar-refractivity contribution in [1.82, 2.24) is 15.2 Å². The highest BCUT2D eigenvalue weighted by atomic mass is 16.5. The summed E-state index contributed by atoms with van der Waals surface area (Å²) in [4.78, 5) is 4.05. The maximum Gasteiger partial charge on any atom is 0.161 e. The van der Waals surface area contributed by atoms with E-state index in [1.165, 1.54) is 6.33 Å². The molecule has 3 N–H and O–H groups in total. The number of H-pyrrole nitrogens is 1. The summed E-state index contributed by atoms with van der Waals surface area (Å²) in [6, 6.07) is 5.21. The number of hydrogen-bond donors (Lipinski definition) is 2. The van der Waals surface area contributed by atoms with Crippen LogP contribution in [0.2, 0.25) is 0 Å². The monoisotopic (exact) mass is 248 g/mol. The molecule has 0 radical (unpaired) electrons. The molecule has 0 fully saturated rings. The van der Waals surface area contributed by atoms with Gasteiger partial charge in [0, 0.05) is 0 Å². The molecule has 0 spiro atoms. The molecule has 1 aromatic carbocycles. The number of nitrogens with one attached hydrogen (secondary N) is 1. The van der Waals surface area contributed by atoms with Crippen molar-refractivity contribution >= 4 is 0 Å². The lowest BCUT2D eigenvalue weighted by atomic mass is 10.1. The zero-order chi connectivity index (χ0) is 13.0. The lowest BCUT2D eigenvalue weighted by Gasteiger charge is -2.13.